The molecule has 1 aliphatic rings. The van der Waals surface area contributed by atoms with Gasteiger partial charge in [0.05, 0.1) is 57.6 Å². The van der Waals surface area contributed by atoms with Gasteiger partial charge in [0, 0.05) is 13.1 Å². The zero-order valence-corrected chi connectivity index (χ0v) is 15.1. The molecule has 0 aliphatic carbocycles. The van der Waals surface area contributed by atoms with Crippen molar-refractivity contribution >= 4 is 56.5 Å². The molecule has 1 aliphatic heterocycles. The highest BCUT2D eigenvalue weighted by molar-refractivity contribution is 6.99. The zero-order chi connectivity index (χ0) is 18.0. The van der Waals surface area contributed by atoms with E-state index in [1.807, 2.05) is 0 Å². The lowest BCUT2D eigenvalue weighted by Crippen LogP contribution is -2.36. The third-order valence-corrected chi connectivity index (χ3v) is 4.93. The lowest BCUT2D eigenvalue weighted by molar-refractivity contribution is 0.286. The Balaban J connectivity index is 1.99. The molecule has 1 unspecified atom stereocenters. The summed E-state index contributed by atoms with van der Waals surface area (Å²) < 4.78 is 14.3. The van der Waals surface area contributed by atoms with E-state index >= 15 is 0 Å². The summed E-state index contributed by atoms with van der Waals surface area (Å²) in [5.41, 5.74) is 1.88. The molecule has 1 aromatic heterocycles. The minimum absolute atomic E-state index is 0.220. The summed E-state index contributed by atoms with van der Waals surface area (Å²) in [6, 6.07) is 0. The first-order valence-electron chi connectivity index (χ1n) is 7.89. The Labute approximate surface area is 155 Å². The van der Waals surface area contributed by atoms with Crippen molar-refractivity contribution in [2.75, 3.05) is 26.7 Å². The average Bonchev–Trinajstić information content (AvgIpc) is 2.95. The average molecular weight is 330 g/mol. The Morgan fingerprint density at radius 2 is 2.04 bits per heavy atom. The summed E-state index contributed by atoms with van der Waals surface area (Å²) in [7, 11) is 31.9. The minimum Gasteiger partial charge on any atom is -0.476 e. The smallest absolute Gasteiger partial charge is 0.253 e. The molecular weight excluding hydrogens is 312 g/mol. The van der Waals surface area contributed by atoms with Gasteiger partial charge in [-0.15, -0.1) is 14.8 Å². The Kier molecular flexibility index (Phi) is 6.35. The number of aromatic nitrogens is 2. The predicted molar refractivity (Wildman–Crippen MR) is 104 cm³/mol. The molecule has 24 heavy (non-hydrogen) atoms. The fourth-order valence-corrected chi connectivity index (χ4v) is 3.02. The Hall–Kier alpha value is -0.615. The van der Waals surface area contributed by atoms with Crippen LogP contribution in [-0.2, 0) is 0 Å². The fraction of sp³-hybridized carbons (Fsp3) is 0.714. The second-order valence-electron chi connectivity index (χ2n) is 6.53. The number of rotatable bonds is 7. The summed E-state index contributed by atoms with van der Waals surface area (Å²) in [5.74, 6) is -0.0790. The van der Waals surface area contributed by atoms with Gasteiger partial charge >= 0.3 is 0 Å². The summed E-state index contributed by atoms with van der Waals surface area (Å²) in [6.45, 7) is 3.74. The van der Waals surface area contributed by atoms with Crippen LogP contribution >= 0.6 is 11.7 Å². The quantitative estimate of drug-likeness (QED) is 0.697. The van der Waals surface area contributed by atoms with Crippen LogP contribution in [0.1, 0.15) is 25.5 Å². The van der Waals surface area contributed by atoms with Crippen LogP contribution in [0.5, 0.6) is 5.88 Å². The van der Waals surface area contributed by atoms with Crippen LogP contribution < -0.4 is 4.74 Å². The van der Waals surface area contributed by atoms with Gasteiger partial charge < -0.3 is 9.64 Å². The number of nitrogens with zero attached hydrogens (tertiary/aromatic N) is 3. The Morgan fingerprint density at radius 3 is 2.67 bits per heavy atom. The van der Waals surface area contributed by atoms with Gasteiger partial charge in [0.2, 0.25) is 0 Å². The third-order valence-electron chi connectivity index (χ3n) is 4.42. The number of hydrogen-bond donors (Lipinski definition) is 0. The van der Waals surface area contributed by atoms with Crippen molar-refractivity contribution in [3.63, 3.8) is 0 Å². The maximum atomic E-state index is 6.05. The molecule has 1 aromatic rings. The normalized spacial score (nSPS) is 18.2. The molecular formula is C14H18B5N3OS. The molecule has 0 N–H and O–H groups in total. The molecule has 0 saturated heterocycles. The van der Waals surface area contributed by atoms with Crippen LogP contribution in [0.15, 0.2) is 6.08 Å². The van der Waals surface area contributed by atoms with Crippen LogP contribution in [0.2, 0.25) is 16.2 Å². The number of likely N-dealkylation sites (N-methyl/N-ethyl adjacent to an activating group) is 1. The van der Waals surface area contributed by atoms with Gasteiger partial charge in [0.25, 0.3) is 5.88 Å². The molecule has 4 nitrogen and oxygen atoms in total. The standard InChI is InChI=1S/C14H18B5N3OS/c1-9(15)14(18,19)13(16,17)5-7-23-12-11(20-24-21-12)10-4-3-6-22(2)8-10/h4,9H,3,5-8H2,1-2H3. The third kappa shape index (κ3) is 4.31. The fourth-order valence-electron chi connectivity index (χ4n) is 2.49. The molecule has 0 bridgehead atoms. The van der Waals surface area contributed by atoms with Gasteiger partial charge in [-0.2, -0.15) is 4.37 Å². The van der Waals surface area contributed by atoms with Gasteiger partial charge in [-0.3, -0.25) is 0 Å². The zero-order valence-electron chi connectivity index (χ0n) is 14.2. The largest absolute Gasteiger partial charge is 0.476 e. The van der Waals surface area contributed by atoms with Gasteiger partial charge in [-0.05, 0) is 25.5 Å². The second-order valence-corrected chi connectivity index (χ2v) is 7.06. The van der Waals surface area contributed by atoms with Gasteiger partial charge in [0.15, 0.2) is 0 Å². The highest BCUT2D eigenvalue weighted by Crippen LogP contribution is 2.51. The lowest BCUT2D eigenvalue weighted by atomic mass is 9.24. The van der Waals surface area contributed by atoms with Crippen molar-refractivity contribution < 1.29 is 4.74 Å². The Morgan fingerprint density at radius 1 is 1.33 bits per heavy atom. The predicted octanol–water partition coefficient (Wildman–Crippen LogP) is 0.909. The summed E-state index contributed by atoms with van der Waals surface area (Å²) in [4.78, 5) is 2.23. The van der Waals surface area contributed by atoms with E-state index in [-0.39, 0.29) is 13.0 Å². The molecule has 2 heterocycles. The number of hydrogen-bond acceptors (Lipinski definition) is 5. The molecule has 116 valence electrons. The van der Waals surface area contributed by atoms with Crippen LogP contribution in [0.4, 0.5) is 0 Å². The van der Waals surface area contributed by atoms with E-state index in [0.717, 1.165) is 42.5 Å². The maximum Gasteiger partial charge on any atom is 0.253 e. The molecule has 10 heteroatoms. The summed E-state index contributed by atoms with van der Waals surface area (Å²) in [6.07, 6.45) is 3.38. The summed E-state index contributed by atoms with van der Waals surface area (Å²) in [5, 5.41) is -2.77. The van der Waals surface area contributed by atoms with Crippen molar-refractivity contribution in [1.82, 2.24) is 13.6 Å². The summed E-state index contributed by atoms with van der Waals surface area (Å²) >= 11 is 1.11. The van der Waals surface area contributed by atoms with Gasteiger partial charge in [0.1, 0.15) is 5.69 Å². The van der Waals surface area contributed by atoms with Crippen molar-refractivity contribution in [1.29, 1.82) is 0 Å². The topological polar surface area (TPSA) is 38.3 Å². The molecule has 0 fully saturated rings. The highest BCUT2D eigenvalue weighted by atomic mass is 32.1. The van der Waals surface area contributed by atoms with Crippen LogP contribution in [0.3, 0.4) is 0 Å². The molecule has 2 rings (SSSR count). The van der Waals surface area contributed by atoms with Crippen molar-refractivity contribution in [3.05, 3.63) is 11.8 Å². The minimum atomic E-state index is -1.41. The molecule has 0 aromatic carbocycles. The van der Waals surface area contributed by atoms with E-state index in [0.29, 0.717) is 5.88 Å². The van der Waals surface area contributed by atoms with Crippen molar-refractivity contribution in [2.45, 2.75) is 36.0 Å². The maximum absolute atomic E-state index is 6.05. The van der Waals surface area contributed by atoms with E-state index in [2.05, 4.69) is 26.8 Å². The molecule has 10 radical (unpaired) electrons. The SMILES string of the molecule is [B]C(C)C([B])([B])C([B])([B])CCOc1nsnc1C1=CCCN(C)C1. The first-order chi connectivity index (χ1) is 11.1. The van der Waals surface area contributed by atoms with Crippen molar-refractivity contribution in [2.24, 2.45) is 0 Å². The second kappa shape index (κ2) is 7.73. The molecule has 1 atom stereocenters. The van der Waals surface area contributed by atoms with E-state index in [1.165, 1.54) is 0 Å². The van der Waals surface area contributed by atoms with E-state index in [9.17, 15) is 0 Å². The first kappa shape index (κ1) is 19.7. The first-order valence-corrected chi connectivity index (χ1v) is 8.62. The van der Waals surface area contributed by atoms with Crippen LogP contribution in [0, 0.1) is 0 Å². The van der Waals surface area contributed by atoms with E-state index in [4.69, 9.17) is 44.0 Å². The highest BCUT2D eigenvalue weighted by Gasteiger charge is 2.36. The van der Waals surface area contributed by atoms with Crippen molar-refractivity contribution in [3.8, 4) is 5.88 Å². The molecule has 0 spiro atoms. The van der Waals surface area contributed by atoms with Crippen LogP contribution in [-0.4, -0.2) is 79.6 Å². The number of ether oxygens (including phenoxy) is 1. The van der Waals surface area contributed by atoms with Gasteiger partial charge in [-0.1, -0.05) is 18.8 Å². The van der Waals surface area contributed by atoms with E-state index in [1.54, 1.807) is 6.92 Å². The molecule has 0 amide bonds. The molecule has 0 saturated carbocycles. The van der Waals surface area contributed by atoms with Crippen LogP contribution in [0.25, 0.3) is 5.57 Å². The Bertz CT molecular complexity index is 591. The lowest BCUT2D eigenvalue weighted by Gasteiger charge is -2.48. The van der Waals surface area contributed by atoms with Gasteiger partial charge in [-0.25, -0.2) is 0 Å². The monoisotopic (exact) mass is 331 g/mol. The van der Waals surface area contributed by atoms with E-state index < -0.39 is 16.2 Å².